The molecule has 0 spiro atoms. The average molecular weight is 392 g/mol. The van der Waals surface area contributed by atoms with E-state index in [9.17, 15) is 9.59 Å². The molecular formula is C18H22ClN5O3. The average Bonchev–Trinajstić information content (AvgIpc) is 3.33. The second kappa shape index (κ2) is 8.85. The topological polar surface area (TPSA) is 89.4 Å². The van der Waals surface area contributed by atoms with E-state index in [0.717, 1.165) is 25.9 Å². The number of likely N-dealkylation sites (tertiary alicyclic amines) is 1. The van der Waals surface area contributed by atoms with Crippen molar-refractivity contribution in [2.45, 2.75) is 32.4 Å². The number of halogens is 1. The second-order valence-electron chi connectivity index (χ2n) is 6.37. The van der Waals surface area contributed by atoms with Gasteiger partial charge in [-0.05, 0) is 38.0 Å². The Morgan fingerprint density at radius 1 is 1.33 bits per heavy atom. The minimum atomic E-state index is -0.661. The Morgan fingerprint density at radius 3 is 2.85 bits per heavy atom. The predicted octanol–water partition coefficient (Wildman–Crippen LogP) is 1.75. The molecule has 2 heterocycles. The third-order valence-electron chi connectivity index (χ3n) is 4.27. The van der Waals surface area contributed by atoms with Gasteiger partial charge < -0.3 is 15.0 Å². The van der Waals surface area contributed by atoms with Crippen LogP contribution in [-0.2, 0) is 11.3 Å². The van der Waals surface area contributed by atoms with Crippen LogP contribution in [0.2, 0.25) is 5.02 Å². The first-order valence-electron chi connectivity index (χ1n) is 8.92. The van der Waals surface area contributed by atoms with Gasteiger partial charge in [0.1, 0.15) is 5.75 Å². The molecule has 1 saturated heterocycles. The van der Waals surface area contributed by atoms with Crippen LogP contribution >= 0.6 is 11.6 Å². The normalized spacial score (nSPS) is 14.8. The Morgan fingerprint density at radius 2 is 2.11 bits per heavy atom. The lowest BCUT2D eigenvalue weighted by Gasteiger charge is -2.14. The zero-order valence-electron chi connectivity index (χ0n) is 15.1. The molecular weight excluding hydrogens is 370 g/mol. The molecule has 1 fully saturated rings. The first-order chi connectivity index (χ1) is 13.0. The maximum Gasteiger partial charge on any atom is 0.276 e. The third-order valence-corrected chi connectivity index (χ3v) is 4.50. The summed E-state index contributed by atoms with van der Waals surface area (Å²) in [5.74, 6) is 0.196. The van der Waals surface area contributed by atoms with Gasteiger partial charge in [0.15, 0.2) is 11.8 Å². The summed E-state index contributed by atoms with van der Waals surface area (Å²) in [5, 5.41) is 11.2. The van der Waals surface area contributed by atoms with Crippen LogP contribution in [0.4, 0.5) is 0 Å². The summed E-state index contributed by atoms with van der Waals surface area (Å²) in [7, 11) is 0. The number of aromatic nitrogens is 3. The molecule has 9 heteroatoms. The van der Waals surface area contributed by atoms with E-state index >= 15 is 0 Å². The Labute approximate surface area is 162 Å². The first kappa shape index (κ1) is 19.2. The van der Waals surface area contributed by atoms with Crippen molar-refractivity contribution in [1.29, 1.82) is 0 Å². The molecule has 0 aliphatic carbocycles. The first-order valence-corrected chi connectivity index (χ1v) is 9.30. The van der Waals surface area contributed by atoms with Crippen LogP contribution in [-0.4, -0.2) is 57.4 Å². The highest BCUT2D eigenvalue weighted by Gasteiger charge is 2.22. The summed E-state index contributed by atoms with van der Waals surface area (Å²) in [6.45, 7) is 3.97. The fourth-order valence-corrected chi connectivity index (χ4v) is 3.00. The van der Waals surface area contributed by atoms with Crippen molar-refractivity contribution in [2.24, 2.45) is 0 Å². The summed E-state index contributed by atoms with van der Waals surface area (Å²) >= 11 is 5.90. The number of nitrogens with one attached hydrogen (secondary N) is 1. The lowest BCUT2D eigenvalue weighted by atomic mass is 10.3. The van der Waals surface area contributed by atoms with Crippen LogP contribution in [0.5, 0.6) is 5.75 Å². The Bertz CT molecular complexity index is 804. The van der Waals surface area contributed by atoms with Crippen molar-refractivity contribution in [1.82, 2.24) is 25.2 Å². The van der Waals surface area contributed by atoms with Gasteiger partial charge in [0.05, 0.1) is 12.7 Å². The van der Waals surface area contributed by atoms with Crippen LogP contribution in [0, 0.1) is 0 Å². The van der Waals surface area contributed by atoms with Crippen molar-refractivity contribution in [3.8, 4) is 5.75 Å². The van der Waals surface area contributed by atoms with Gasteiger partial charge in [-0.1, -0.05) is 22.9 Å². The van der Waals surface area contributed by atoms with E-state index in [1.807, 2.05) is 0 Å². The highest BCUT2D eigenvalue weighted by Crippen LogP contribution is 2.18. The van der Waals surface area contributed by atoms with E-state index in [1.54, 1.807) is 47.0 Å². The van der Waals surface area contributed by atoms with Gasteiger partial charge >= 0.3 is 0 Å². The highest BCUT2D eigenvalue weighted by atomic mass is 35.5. The molecule has 1 aromatic carbocycles. The van der Waals surface area contributed by atoms with Gasteiger partial charge in [0.25, 0.3) is 11.8 Å². The molecule has 0 unspecified atom stereocenters. The number of carbonyl (C=O) groups is 2. The summed E-state index contributed by atoms with van der Waals surface area (Å²) in [6.07, 6.45) is 3.01. The maximum absolute atomic E-state index is 12.2. The monoisotopic (exact) mass is 391 g/mol. The number of carbonyl (C=O) groups excluding carboxylic acids is 2. The molecule has 27 heavy (non-hydrogen) atoms. The number of hydrogen-bond donors (Lipinski definition) is 1. The molecule has 1 N–H and O–H groups in total. The molecule has 0 radical (unpaired) electrons. The molecule has 2 amide bonds. The largest absolute Gasteiger partial charge is 0.481 e. The molecule has 1 atom stereocenters. The van der Waals surface area contributed by atoms with E-state index in [1.165, 1.54) is 0 Å². The van der Waals surface area contributed by atoms with E-state index in [-0.39, 0.29) is 11.8 Å². The lowest BCUT2D eigenvalue weighted by molar-refractivity contribution is -0.127. The number of amides is 2. The molecule has 1 aliphatic rings. The number of rotatable bonds is 7. The second-order valence-corrected chi connectivity index (χ2v) is 6.81. The number of hydrogen-bond acceptors (Lipinski definition) is 5. The fraction of sp³-hybridized carbons (Fsp3) is 0.444. The van der Waals surface area contributed by atoms with Crippen molar-refractivity contribution in [2.75, 3.05) is 19.6 Å². The molecule has 144 valence electrons. The third kappa shape index (κ3) is 5.19. The van der Waals surface area contributed by atoms with E-state index in [2.05, 4.69) is 15.6 Å². The minimum Gasteiger partial charge on any atom is -0.481 e. The molecule has 1 aliphatic heterocycles. The van der Waals surface area contributed by atoms with Crippen LogP contribution in [0.1, 0.15) is 30.3 Å². The fourth-order valence-electron chi connectivity index (χ4n) is 2.82. The van der Waals surface area contributed by atoms with Crippen LogP contribution in [0.25, 0.3) is 0 Å². The van der Waals surface area contributed by atoms with E-state index in [0.29, 0.717) is 29.6 Å². The quantitative estimate of drug-likeness (QED) is 0.776. The van der Waals surface area contributed by atoms with Gasteiger partial charge in [-0.2, -0.15) is 0 Å². The van der Waals surface area contributed by atoms with Crippen molar-refractivity contribution in [3.05, 3.63) is 41.2 Å². The zero-order chi connectivity index (χ0) is 19.2. The van der Waals surface area contributed by atoms with Crippen LogP contribution in [0.15, 0.2) is 30.5 Å². The summed E-state index contributed by atoms with van der Waals surface area (Å²) in [6, 6.07) is 6.89. The van der Waals surface area contributed by atoms with Gasteiger partial charge in [0, 0.05) is 24.7 Å². The molecule has 0 bridgehead atoms. The molecule has 3 rings (SSSR count). The minimum absolute atomic E-state index is 0.0914. The van der Waals surface area contributed by atoms with Gasteiger partial charge in [0.2, 0.25) is 0 Å². The van der Waals surface area contributed by atoms with Gasteiger partial charge in [-0.3, -0.25) is 9.59 Å². The SMILES string of the molecule is C[C@@H](Oc1cccc(Cl)c1)C(=O)NCCn1cc(C(=O)N2CCCC2)nn1. The summed E-state index contributed by atoms with van der Waals surface area (Å²) in [5.41, 5.74) is 0.334. The highest BCUT2D eigenvalue weighted by molar-refractivity contribution is 6.30. The van der Waals surface area contributed by atoms with Crippen molar-refractivity contribution >= 4 is 23.4 Å². The van der Waals surface area contributed by atoms with Gasteiger partial charge in [-0.15, -0.1) is 5.10 Å². The number of benzene rings is 1. The van der Waals surface area contributed by atoms with Crippen molar-refractivity contribution < 1.29 is 14.3 Å². The standard InChI is InChI=1S/C18H22ClN5O3/c1-13(27-15-6-4-5-14(19)11-15)17(25)20-7-10-24-12-16(21-22-24)18(26)23-8-2-3-9-23/h4-6,11-13H,2-3,7-10H2,1H3,(H,20,25)/t13-/m1/s1. The predicted molar refractivity (Wildman–Crippen MR) is 99.7 cm³/mol. The summed E-state index contributed by atoms with van der Waals surface area (Å²) < 4.78 is 7.12. The number of nitrogens with zero attached hydrogens (tertiary/aromatic N) is 4. The van der Waals surface area contributed by atoms with Crippen LogP contribution < -0.4 is 10.1 Å². The van der Waals surface area contributed by atoms with Crippen molar-refractivity contribution in [3.63, 3.8) is 0 Å². The van der Waals surface area contributed by atoms with Gasteiger partial charge in [-0.25, -0.2) is 4.68 Å². The Hall–Kier alpha value is -2.61. The lowest BCUT2D eigenvalue weighted by Crippen LogP contribution is -2.38. The Kier molecular flexibility index (Phi) is 6.28. The molecule has 2 aromatic rings. The molecule has 0 saturated carbocycles. The van der Waals surface area contributed by atoms with E-state index in [4.69, 9.17) is 16.3 Å². The Balaban J connectivity index is 1.44. The summed E-state index contributed by atoms with van der Waals surface area (Å²) in [4.78, 5) is 26.2. The smallest absolute Gasteiger partial charge is 0.276 e. The molecule has 8 nitrogen and oxygen atoms in total. The molecule has 1 aromatic heterocycles. The zero-order valence-corrected chi connectivity index (χ0v) is 15.9. The van der Waals surface area contributed by atoms with Crippen LogP contribution in [0.3, 0.4) is 0 Å². The number of ether oxygens (including phenoxy) is 1. The van der Waals surface area contributed by atoms with E-state index < -0.39 is 6.10 Å². The maximum atomic E-state index is 12.2.